The van der Waals surface area contributed by atoms with E-state index >= 15 is 0 Å². The van der Waals surface area contributed by atoms with Gasteiger partial charge in [0.05, 0.1) is 18.5 Å². The van der Waals surface area contributed by atoms with Gasteiger partial charge in [0.2, 0.25) is 17.7 Å². The predicted octanol–water partition coefficient (Wildman–Crippen LogP) is 2.14. The molecule has 0 spiro atoms. The van der Waals surface area contributed by atoms with Gasteiger partial charge in [0.25, 0.3) is 0 Å². The van der Waals surface area contributed by atoms with Crippen molar-refractivity contribution in [1.82, 2.24) is 16.0 Å². The molecule has 5 N–H and O–H groups in total. The third-order valence-electron chi connectivity index (χ3n) is 5.95. The number of amides is 3. The molecule has 1 fully saturated rings. The molecule has 3 atom stereocenters. The lowest BCUT2D eigenvalue weighted by Gasteiger charge is -2.31. The van der Waals surface area contributed by atoms with Gasteiger partial charge in [-0.25, -0.2) is 0 Å². The highest BCUT2D eigenvalue weighted by molar-refractivity contribution is 5.92. The Morgan fingerprint density at radius 2 is 1.49 bits per heavy atom. The Labute approximate surface area is 203 Å². The fourth-order valence-corrected chi connectivity index (χ4v) is 4.09. The molecule has 3 amide bonds. The van der Waals surface area contributed by atoms with Crippen LogP contribution < -0.4 is 21.3 Å². The van der Waals surface area contributed by atoms with E-state index in [1.807, 2.05) is 60.7 Å². The number of nitrogens with one attached hydrogen (secondary N) is 4. The highest BCUT2D eigenvalue weighted by Gasteiger charge is 2.34. The van der Waals surface area contributed by atoms with E-state index in [9.17, 15) is 19.5 Å². The van der Waals surface area contributed by atoms with Gasteiger partial charge in [0.1, 0.15) is 11.8 Å². The minimum atomic E-state index is -0.881. The van der Waals surface area contributed by atoms with E-state index in [1.54, 1.807) is 12.1 Å². The van der Waals surface area contributed by atoms with E-state index in [0.29, 0.717) is 0 Å². The largest absolute Gasteiger partial charge is 0.508 e. The zero-order chi connectivity index (χ0) is 24.6. The van der Waals surface area contributed by atoms with Crippen molar-refractivity contribution in [3.8, 4) is 5.75 Å². The third kappa shape index (κ3) is 6.38. The second kappa shape index (κ2) is 11.2. The Morgan fingerprint density at radius 1 is 0.829 bits per heavy atom. The van der Waals surface area contributed by atoms with Crippen LogP contribution in [0.15, 0.2) is 84.9 Å². The number of carbonyl (C=O) groups excluding carboxylic acids is 3. The van der Waals surface area contributed by atoms with Crippen LogP contribution in [0.25, 0.3) is 0 Å². The average Bonchev–Trinajstić information content (AvgIpc) is 2.88. The minimum absolute atomic E-state index is 0.0891. The summed E-state index contributed by atoms with van der Waals surface area (Å²) in [7, 11) is 0. The summed E-state index contributed by atoms with van der Waals surface area (Å²) in [5.74, 6) is -1.76. The number of hydrogen-bond acceptors (Lipinski definition) is 5. The summed E-state index contributed by atoms with van der Waals surface area (Å²) < 4.78 is 0. The number of benzene rings is 3. The summed E-state index contributed by atoms with van der Waals surface area (Å²) in [5.41, 5.74) is 2.47. The lowest BCUT2D eigenvalue weighted by Crippen LogP contribution is -2.55. The summed E-state index contributed by atoms with van der Waals surface area (Å²) in [6, 6.07) is 24.2. The topological polar surface area (TPSA) is 120 Å². The highest BCUT2D eigenvalue weighted by atomic mass is 16.3. The molecule has 8 nitrogen and oxygen atoms in total. The first-order valence-corrected chi connectivity index (χ1v) is 11.5. The molecular weight excluding hydrogens is 444 g/mol. The summed E-state index contributed by atoms with van der Waals surface area (Å²) in [6.07, 6.45) is 0.217. The van der Waals surface area contributed by atoms with Gasteiger partial charge < -0.3 is 26.4 Å². The molecule has 180 valence electrons. The molecule has 3 aromatic carbocycles. The SMILES string of the molecule is O=C1CNC(=O)[C@H](Cc2ccc(O)cc2)NC(=O)[C@H](C(Nc2ccccc2)c2ccccc2)CN1. The number of rotatable bonds is 6. The molecule has 1 aliphatic rings. The summed E-state index contributed by atoms with van der Waals surface area (Å²) in [6.45, 7) is -0.0958. The van der Waals surface area contributed by atoms with Crippen LogP contribution in [0, 0.1) is 5.92 Å². The number of para-hydroxylation sites is 1. The van der Waals surface area contributed by atoms with Crippen LogP contribution in [0.3, 0.4) is 0 Å². The Morgan fingerprint density at radius 3 is 2.17 bits per heavy atom. The van der Waals surface area contributed by atoms with Crippen molar-refractivity contribution in [2.45, 2.75) is 18.5 Å². The number of hydrogen-bond donors (Lipinski definition) is 5. The quantitative estimate of drug-likeness (QED) is 0.377. The number of anilines is 1. The minimum Gasteiger partial charge on any atom is -0.508 e. The molecule has 0 aromatic heterocycles. The maximum atomic E-state index is 13.6. The number of aromatic hydroxyl groups is 1. The first-order valence-electron chi connectivity index (χ1n) is 11.5. The van der Waals surface area contributed by atoms with Crippen molar-refractivity contribution in [2.75, 3.05) is 18.4 Å². The smallest absolute Gasteiger partial charge is 0.243 e. The van der Waals surface area contributed by atoms with Crippen LogP contribution in [0.4, 0.5) is 5.69 Å². The van der Waals surface area contributed by atoms with Crippen molar-refractivity contribution >= 4 is 23.4 Å². The number of phenols is 1. The van der Waals surface area contributed by atoms with Crippen LogP contribution in [0.2, 0.25) is 0 Å². The van der Waals surface area contributed by atoms with E-state index in [0.717, 1.165) is 16.8 Å². The fourth-order valence-electron chi connectivity index (χ4n) is 4.09. The highest BCUT2D eigenvalue weighted by Crippen LogP contribution is 2.27. The van der Waals surface area contributed by atoms with Crippen LogP contribution in [-0.4, -0.2) is 42.0 Å². The van der Waals surface area contributed by atoms with E-state index in [2.05, 4.69) is 21.3 Å². The molecule has 1 aliphatic heterocycles. The van der Waals surface area contributed by atoms with Crippen LogP contribution >= 0.6 is 0 Å². The molecule has 1 saturated heterocycles. The van der Waals surface area contributed by atoms with Crippen LogP contribution in [0.1, 0.15) is 17.2 Å². The first kappa shape index (κ1) is 23.8. The molecule has 8 heteroatoms. The second-order valence-electron chi connectivity index (χ2n) is 8.46. The van der Waals surface area contributed by atoms with E-state index in [4.69, 9.17) is 0 Å². The van der Waals surface area contributed by atoms with Crippen molar-refractivity contribution in [1.29, 1.82) is 0 Å². The maximum Gasteiger partial charge on any atom is 0.243 e. The molecule has 0 bridgehead atoms. The molecule has 1 unspecified atom stereocenters. The molecule has 0 aliphatic carbocycles. The van der Waals surface area contributed by atoms with Crippen molar-refractivity contribution in [3.05, 3.63) is 96.1 Å². The second-order valence-corrected chi connectivity index (χ2v) is 8.46. The van der Waals surface area contributed by atoms with Crippen LogP contribution in [-0.2, 0) is 20.8 Å². The summed E-state index contributed by atoms with van der Waals surface area (Å²) >= 11 is 0. The molecule has 1 heterocycles. The monoisotopic (exact) mass is 472 g/mol. The normalized spacial score (nSPS) is 19.6. The molecular formula is C27H28N4O4. The van der Waals surface area contributed by atoms with E-state index < -0.39 is 23.9 Å². The van der Waals surface area contributed by atoms with Gasteiger partial charge in [-0.2, -0.15) is 0 Å². The predicted molar refractivity (Wildman–Crippen MR) is 132 cm³/mol. The average molecular weight is 473 g/mol. The van der Waals surface area contributed by atoms with Gasteiger partial charge in [-0.15, -0.1) is 0 Å². The van der Waals surface area contributed by atoms with Crippen molar-refractivity contribution < 1.29 is 19.5 Å². The lowest BCUT2D eigenvalue weighted by atomic mass is 9.90. The van der Waals surface area contributed by atoms with Crippen molar-refractivity contribution in [2.24, 2.45) is 5.92 Å². The summed E-state index contributed by atoms with van der Waals surface area (Å²) in [5, 5.41) is 21.3. The van der Waals surface area contributed by atoms with Gasteiger partial charge in [-0.05, 0) is 35.4 Å². The Hall–Kier alpha value is -4.33. The Kier molecular flexibility index (Phi) is 7.62. The first-order chi connectivity index (χ1) is 17.0. The van der Waals surface area contributed by atoms with Gasteiger partial charge in [-0.3, -0.25) is 14.4 Å². The number of phenolic OH excluding ortho intramolecular Hbond substituents is 1. The third-order valence-corrected chi connectivity index (χ3v) is 5.95. The molecule has 0 saturated carbocycles. The Bertz CT molecular complexity index is 1150. The van der Waals surface area contributed by atoms with Gasteiger partial charge in [-0.1, -0.05) is 60.7 Å². The van der Waals surface area contributed by atoms with E-state index in [-0.39, 0.29) is 37.1 Å². The maximum absolute atomic E-state index is 13.6. The zero-order valence-electron chi connectivity index (χ0n) is 19.1. The fraction of sp³-hybridized carbons (Fsp3) is 0.222. The lowest BCUT2D eigenvalue weighted by molar-refractivity contribution is -0.133. The molecule has 3 aromatic rings. The van der Waals surface area contributed by atoms with E-state index in [1.165, 1.54) is 12.1 Å². The molecule has 0 radical (unpaired) electrons. The van der Waals surface area contributed by atoms with Gasteiger partial charge in [0.15, 0.2) is 0 Å². The Balaban J connectivity index is 1.64. The van der Waals surface area contributed by atoms with Crippen molar-refractivity contribution in [3.63, 3.8) is 0 Å². The summed E-state index contributed by atoms with van der Waals surface area (Å²) in [4.78, 5) is 38.9. The standard InChI is InChI=1S/C27H28N4O4/c32-21-13-11-18(12-14-21)15-23-27(35)29-17-24(33)28-16-22(26(34)31-23)25(19-7-3-1-4-8-19)30-20-9-5-2-6-10-20/h1-14,22-23,25,30,32H,15-17H2,(H,28,33)(H,29,35)(H,31,34)/t22-,23-,25?/m0/s1. The van der Waals surface area contributed by atoms with Gasteiger partial charge >= 0.3 is 0 Å². The van der Waals surface area contributed by atoms with Crippen LogP contribution in [0.5, 0.6) is 5.75 Å². The molecule has 35 heavy (non-hydrogen) atoms. The number of carbonyl (C=O) groups is 3. The van der Waals surface area contributed by atoms with Gasteiger partial charge in [0, 0.05) is 18.7 Å². The molecule has 4 rings (SSSR count). The zero-order valence-corrected chi connectivity index (χ0v) is 19.1.